The molecule has 1 atom stereocenters. The van der Waals surface area contributed by atoms with Crippen molar-refractivity contribution < 1.29 is 9.53 Å². The number of rotatable bonds is 4. The van der Waals surface area contributed by atoms with Crippen LogP contribution < -0.4 is 5.32 Å². The Hall–Kier alpha value is -0.570. The zero-order chi connectivity index (χ0) is 10.5. The standard InChI is InChI=1S/C12H21NO2/c14-12(13-10-4-1-2-5-10)8-7-11-6-3-9-15-11/h10-11H,1-9H2,(H,13,14)/t11-/m0/s1. The van der Waals surface area contributed by atoms with Crippen LogP contribution in [0.4, 0.5) is 0 Å². The SMILES string of the molecule is O=C(CC[C@@H]1CCCO1)NC1CCCC1. The molecule has 1 saturated heterocycles. The smallest absolute Gasteiger partial charge is 0.220 e. The Morgan fingerprint density at radius 1 is 1.20 bits per heavy atom. The highest BCUT2D eigenvalue weighted by atomic mass is 16.5. The Balaban J connectivity index is 1.59. The second-order valence-corrected chi connectivity index (χ2v) is 4.72. The van der Waals surface area contributed by atoms with E-state index in [0.717, 1.165) is 25.9 Å². The highest BCUT2D eigenvalue weighted by molar-refractivity contribution is 5.76. The number of carbonyl (C=O) groups is 1. The second-order valence-electron chi connectivity index (χ2n) is 4.72. The van der Waals surface area contributed by atoms with Gasteiger partial charge in [0, 0.05) is 19.1 Å². The van der Waals surface area contributed by atoms with Crippen LogP contribution in [0.1, 0.15) is 51.4 Å². The summed E-state index contributed by atoms with van der Waals surface area (Å²) in [5, 5.41) is 3.11. The van der Waals surface area contributed by atoms with Gasteiger partial charge in [0.2, 0.25) is 5.91 Å². The predicted molar refractivity (Wildman–Crippen MR) is 58.6 cm³/mol. The molecule has 0 spiro atoms. The number of carbonyl (C=O) groups excluding carboxylic acids is 1. The minimum absolute atomic E-state index is 0.220. The van der Waals surface area contributed by atoms with Crippen molar-refractivity contribution in [3.05, 3.63) is 0 Å². The molecular formula is C12H21NO2. The van der Waals surface area contributed by atoms with Gasteiger partial charge in [-0.25, -0.2) is 0 Å². The molecule has 0 unspecified atom stereocenters. The van der Waals surface area contributed by atoms with Gasteiger partial charge < -0.3 is 10.1 Å². The largest absolute Gasteiger partial charge is 0.378 e. The third-order valence-electron chi connectivity index (χ3n) is 3.44. The quantitative estimate of drug-likeness (QED) is 0.772. The zero-order valence-corrected chi connectivity index (χ0v) is 9.34. The molecule has 86 valence electrons. The Bertz CT molecular complexity index is 206. The average Bonchev–Trinajstić information content (AvgIpc) is 2.86. The molecule has 1 aliphatic carbocycles. The molecule has 0 aromatic heterocycles. The minimum Gasteiger partial charge on any atom is -0.378 e. The number of nitrogens with one attached hydrogen (secondary N) is 1. The van der Waals surface area contributed by atoms with Crippen molar-refractivity contribution in [2.45, 2.75) is 63.5 Å². The van der Waals surface area contributed by atoms with E-state index in [1.54, 1.807) is 0 Å². The van der Waals surface area contributed by atoms with Crippen molar-refractivity contribution in [3.8, 4) is 0 Å². The lowest BCUT2D eigenvalue weighted by Gasteiger charge is -2.13. The molecule has 1 aliphatic heterocycles. The second kappa shape index (κ2) is 5.50. The van der Waals surface area contributed by atoms with E-state index in [2.05, 4.69) is 5.32 Å². The van der Waals surface area contributed by atoms with E-state index in [-0.39, 0.29) is 5.91 Å². The summed E-state index contributed by atoms with van der Waals surface area (Å²) >= 11 is 0. The van der Waals surface area contributed by atoms with Crippen LogP contribution in [-0.2, 0) is 9.53 Å². The van der Waals surface area contributed by atoms with Crippen molar-refractivity contribution in [1.29, 1.82) is 0 Å². The highest BCUT2D eigenvalue weighted by Gasteiger charge is 2.19. The van der Waals surface area contributed by atoms with Crippen LogP contribution >= 0.6 is 0 Å². The van der Waals surface area contributed by atoms with Crippen LogP contribution in [0.25, 0.3) is 0 Å². The molecule has 3 heteroatoms. The van der Waals surface area contributed by atoms with Crippen molar-refractivity contribution in [2.24, 2.45) is 0 Å². The first-order valence-corrected chi connectivity index (χ1v) is 6.25. The van der Waals surface area contributed by atoms with Crippen molar-refractivity contribution in [2.75, 3.05) is 6.61 Å². The summed E-state index contributed by atoms with van der Waals surface area (Å²) in [5.74, 6) is 0.220. The topological polar surface area (TPSA) is 38.3 Å². The van der Waals surface area contributed by atoms with Gasteiger partial charge in [-0.2, -0.15) is 0 Å². The summed E-state index contributed by atoms with van der Waals surface area (Å²) in [6.45, 7) is 0.884. The van der Waals surface area contributed by atoms with E-state index in [4.69, 9.17) is 4.74 Å². The normalized spacial score (nSPS) is 27.1. The van der Waals surface area contributed by atoms with Crippen LogP contribution in [0, 0.1) is 0 Å². The van der Waals surface area contributed by atoms with Gasteiger partial charge in [-0.3, -0.25) is 4.79 Å². The summed E-state index contributed by atoms with van der Waals surface area (Å²) < 4.78 is 5.49. The maximum Gasteiger partial charge on any atom is 0.220 e. The van der Waals surface area contributed by atoms with Gasteiger partial charge in [0.15, 0.2) is 0 Å². The lowest BCUT2D eigenvalue weighted by atomic mass is 10.1. The first-order chi connectivity index (χ1) is 7.34. The fourth-order valence-electron chi connectivity index (χ4n) is 2.53. The average molecular weight is 211 g/mol. The third-order valence-corrected chi connectivity index (χ3v) is 3.44. The maximum atomic E-state index is 11.6. The number of ether oxygens (including phenoxy) is 1. The Morgan fingerprint density at radius 2 is 2.00 bits per heavy atom. The maximum absolute atomic E-state index is 11.6. The van der Waals surface area contributed by atoms with Crippen LogP contribution in [-0.4, -0.2) is 24.7 Å². The summed E-state index contributed by atoms with van der Waals surface area (Å²) in [4.78, 5) is 11.6. The molecule has 1 saturated carbocycles. The van der Waals surface area contributed by atoms with Gasteiger partial charge in [-0.15, -0.1) is 0 Å². The fourth-order valence-corrected chi connectivity index (χ4v) is 2.53. The minimum atomic E-state index is 0.220. The Labute approximate surface area is 91.6 Å². The lowest BCUT2D eigenvalue weighted by Crippen LogP contribution is -2.32. The van der Waals surface area contributed by atoms with Gasteiger partial charge in [0.25, 0.3) is 0 Å². The highest BCUT2D eigenvalue weighted by Crippen LogP contribution is 2.19. The van der Waals surface area contributed by atoms with Crippen LogP contribution in [0.15, 0.2) is 0 Å². The predicted octanol–water partition coefficient (Wildman–Crippen LogP) is 2.00. The van der Waals surface area contributed by atoms with Gasteiger partial charge in [-0.1, -0.05) is 12.8 Å². The van der Waals surface area contributed by atoms with Gasteiger partial charge in [0.05, 0.1) is 6.10 Å². The summed E-state index contributed by atoms with van der Waals surface area (Å²) in [6, 6.07) is 0.460. The van der Waals surface area contributed by atoms with E-state index in [1.165, 1.54) is 25.7 Å². The molecule has 1 N–H and O–H groups in total. The fraction of sp³-hybridized carbons (Fsp3) is 0.917. The van der Waals surface area contributed by atoms with Crippen LogP contribution in [0.2, 0.25) is 0 Å². The van der Waals surface area contributed by atoms with Crippen molar-refractivity contribution >= 4 is 5.91 Å². The molecule has 2 fully saturated rings. The molecule has 1 amide bonds. The van der Waals surface area contributed by atoms with E-state index < -0.39 is 0 Å². The Morgan fingerprint density at radius 3 is 2.67 bits per heavy atom. The molecule has 15 heavy (non-hydrogen) atoms. The summed E-state index contributed by atoms with van der Waals surface area (Å²) in [5.41, 5.74) is 0. The zero-order valence-electron chi connectivity index (χ0n) is 9.34. The number of hydrogen-bond acceptors (Lipinski definition) is 2. The van der Waals surface area contributed by atoms with Crippen molar-refractivity contribution in [1.82, 2.24) is 5.32 Å². The molecule has 0 radical (unpaired) electrons. The van der Waals surface area contributed by atoms with Crippen LogP contribution in [0.5, 0.6) is 0 Å². The molecule has 0 bridgehead atoms. The molecule has 3 nitrogen and oxygen atoms in total. The summed E-state index contributed by atoms with van der Waals surface area (Å²) in [7, 11) is 0. The summed E-state index contributed by atoms with van der Waals surface area (Å²) in [6.07, 6.45) is 9.08. The molecule has 2 aliphatic rings. The molecule has 0 aromatic rings. The third kappa shape index (κ3) is 3.49. The number of hydrogen-bond donors (Lipinski definition) is 1. The van der Waals surface area contributed by atoms with E-state index in [9.17, 15) is 4.79 Å². The first kappa shape index (κ1) is 10.9. The van der Waals surface area contributed by atoms with E-state index >= 15 is 0 Å². The van der Waals surface area contributed by atoms with E-state index in [1.807, 2.05) is 0 Å². The lowest BCUT2D eigenvalue weighted by molar-refractivity contribution is -0.122. The molecule has 2 rings (SSSR count). The Kier molecular flexibility index (Phi) is 4.01. The monoisotopic (exact) mass is 211 g/mol. The van der Waals surface area contributed by atoms with Crippen molar-refractivity contribution in [3.63, 3.8) is 0 Å². The van der Waals surface area contributed by atoms with E-state index in [0.29, 0.717) is 18.6 Å². The number of amides is 1. The molecule has 1 heterocycles. The molecule has 0 aromatic carbocycles. The van der Waals surface area contributed by atoms with Crippen LogP contribution in [0.3, 0.4) is 0 Å². The molecular weight excluding hydrogens is 190 g/mol. The van der Waals surface area contributed by atoms with Gasteiger partial charge in [-0.05, 0) is 32.1 Å². The first-order valence-electron chi connectivity index (χ1n) is 6.25. The van der Waals surface area contributed by atoms with Gasteiger partial charge >= 0.3 is 0 Å². The van der Waals surface area contributed by atoms with Gasteiger partial charge in [0.1, 0.15) is 0 Å².